The smallest absolute Gasteiger partial charge is 0.233 e. The zero-order valence-corrected chi connectivity index (χ0v) is 16.9. The van der Waals surface area contributed by atoms with Gasteiger partial charge in [-0.05, 0) is 41.8 Å². The maximum atomic E-state index is 12.6. The van der Waals surface area contributed by atoms with Crippen molar-refractivity contribution in [1.82, 2.24) is 4.90 Å². The van der Waals surface area contributed by atoms with Gasteiger partial charge in [0.25, 0.3) is 0 Å². The van der Waals surface area contributed by atoms with Crippen molar-refractivity contribution in [2.75, 3.05) is 26.5 Å². The summed E-state index contributed by atoms with van der Waals surface area (Å²) in [6.07, 6.45) is 0.791. The molecule has 0 fully saturated rings. The summed E-state index contributed by atoms with van der Waals surface area (Å²) in [5, 5.41) is 1.13. The van der Waals surface area contributed by atoms with Crippen molar-refractivity contribution in [2.45, 2.75) is 17.9 Å². The first-order valence-electron chi connectivity index (χ1n) is 8.12. The van der Waals surface area contributed by atoms with Crippen LogP contribution in [0.2, 0.25) is 10.0 Å². The van der Waals surface area contributed by atoms with E-state index in [2.05, 4.69) is 0 Å². The van der Waals surface area contributed by atoms with E-state index >= 15 is 0 Å². The van der Waals surface area contributed by atoms with Crippen LogP contribution in [0.4, 0.5) is 0 Å². The molecule has 0 saturated carbocycles. The monoisotopic (exact) mass is 411 g/mol. The van der Waals surface area contributed by atoms with E-state index in [1.54, 1.807) is 32.4 Å². The average molecular weight is 412 g/mol. The number of thioether (sulfide) groups is 1. The lowest BCUT2D eigenvalue weighted by atomic mass is 9.99. The van der Waals surface area contributed by atoms with Crippen LogP contribution >= 0.6 is 35.0 Å². The number of fused-ring (bicyclic) bond motifs is 1. The van der Waals surface area contributed by atoms with Gasteiger partial charge in [0.15, 0.2) is 11.5 Å². The number of hydrogen-bond donors (Lipinski definition) is 0. The number of nitrogens with zero attached hydrogens (tertiary/aromatic N) is 1. The Hall–Kier alpha value is -1.56. The summed E-state index contributed by atoms with van der Waals surface area (Å²) in [5.74, 6) is 1.76. The lowest BCUT2D eigenvalue weighted by Crippen LogP contribution is -2.37. The van der Waals surface area contributed by atoms with Crippen LogP contribution in [-0.2, 0) is 17.8 Å². The molecular formula is C19H19Cl2NO3S. The van der Waals surface area contributed by atoms with Gasteiger partial charge < -0.3 is 14.4 Å². The number of rotatable bonds is 5. The van der Waals surface area contributed by atoms with E-state index in [0.29, 0.717) is 34.6 Å². The molecule has 7 heteroatoms. The molecule has 2 aromatic rings. The second-order valence-corrected chi connectivity index (χ2v) is 7.68. The average Bonchev–Trinajstić information content (AvgIpc) is 2.65. The molecule has 1 heterocycles. The van der Waals surface area contributed by atoms with Crippen LogP contribution in [0.5, 0.6) is 11.5 Å². The van der Waals surface area contributed by atoms with E-state index in [4.69, 9.17) is 32.7 Å². The number of benzene rings is 2. The highest BCUT2D eigenvalue weighted by molar-refractivity contribution is 8.00. The third-order valence-electron chi connectivity index (χ3n) is 4.33. The molecule has 1 aliphatic heterocycles. The molecule has 0 radical (unpaired) electrons. The van der Waals surface area contributed by atoms with Crippen molar-refractivity contribution in [2.24, 2.45) is 0 Å². The molecule has 1 aliphatic rings. The van der Waals surface area contributed by atoms with E-state index in [9.17, 15) is 4.79 Å². The number of carbonyl (C=O) groups is 1. The second-order valence-electron chi connectivity index (χ2n) is 5.88. The lowest BCUT2D eigenvalue weighted by Gasteiger charge is -2.29. The van der Waals surface area contributed by atoms with Crippen LogP contribution in [0.25, 0.3) is 0 Å². The highest BCUT2D eigenvalue weighted by Crippen LogP contribution is 2.35. The summed E-state index contributed by atoms with van der Waals surface area (Å²) < 4.78 is 10.7. The van der Waals surface area contributed by atoms with Crippen LogP contribution in [-0.4, -0.2) is 37.3 Å². The molecule has 0 aromatic heterocycles. The van der Waals surface area contributed by atoms with Gasteiger partial charge in [-0.2, -0.15) is 0 Å². The molecule has 4 nitrogen and oxygen atoms in total. The summed E-state index contributed by atoms with van der Waals surface area (Å²) in [6.45, 7) is 1.24. The van der Waals surface area contributed by atoms with Gasteiger partial charge in [0.05, 0.1) is 30.0 Å². The molecule has 1 amide bonds. The van der Waals surface area contributed by atoms with E-state index in [0.717, 1.165) is 22.6 Å². The zero-order chi connectivity index (χ0) is 18.7. The zero-order valence-electron chi connectivity index (χ0n) is 14.6. The van der Waals surface area contributed by atoms with Crippen LogP contribution in [0.15, 0.2) is 35.2 Å². The van der Waals surface area contributed by atoms with Gasteiger partial charge in [-0.25, -0.2) is 0 Å². The predicted molar refractivity (Wildman–Crippen MR) is 106 cm³/mol. The Morgan fingerprint density at radius 2 is 1.73 bits per heavy atom. The highest BCUT2D eigenvalue weighted by Gasteiger charge is 2.23. The molecule has 0 spiro atoms. The predicted octanol–water partition coefficient (Wildman–Crippen LogP) is 4.69. The molecule has 0 saturated heterocycles. The SMILES string of the molecule is COc1cc2c(cc1OC)CN(C(=O)CSc1c(Cl)cccc1Cl)CC2. The topological polar surface area (TPSA) is 38.8 Å². The molecule has 138 valence electrons. The van der Waals surface area contributed by atoms with E-state index in [-0.39, 0.29) is 5.91 Å². The first-order chi connectivity index (χ1) is 12.5. The molecule has 0 unspecified atom stereocenters. The fraction of sp³-hybridized carbons (Fsp3) is 0.316. The third-order valence-corrected chi connectivity index (χ3v) is 6.30. The Morgan fingerprint density at radius 1 is 1.12 bits per heavy atom. The largest absolute Gasteiger partial charge is 0.493 e. The Labute approximate surface area is 167 Å². The standard InChI is InChI=1S/C19H19Cl2NO3S/c1-24-16-8-12-6-7-22(10-13(12)9-17(16)25-2)18(23)11-26-19-14(20)4-3-5-15(19)21/h3-5,8-9H,6-7,10-11H2,1-2H3. The fourth-order valence-electron chi connectivity index (χ4n) is 2.94. The molecule has 0 atom stereocenters. The Bertz CT molecular complexity index is 808. The third kappa shape index (κ3) is 4.05. The van der Waals surface area contributed by atoms with E-state index < -0.39 is 0 Å². The van der Waals surface area contributed by atoms with Crippen molar-refractivity contribution in [3.8, 4) is 11.5 Å². The molecular weight excluding hydrogens is 393 g/mol. The molecule has 3 rings (SSSR count). The van der Waals surface area contributed by atoms with Gasteiger partial charge in [0.1, 0.15) is 0 Å². The van der Waals surface area contributed by atoms with Crippen LogP contribution in [0, 0.1) is 0 Å². The molecule has 0 aliphatic carbocycles. The maximum Gasteiger partial charge on any atom is 0.233 e. The van der Waals surface area contributed by atoms with Gasteiger partial charge in [0, 0.05) is 18.0 Å². The van der Waals surface area contributed by atoms with Gasteiger partial charge in [-0.1, -0.05) is 29.3 Å². The van der Waals surface area contributed by atoms with E-state index in [1.165, 1.54) is 17.3 Å². The number of ether oxygens (including phenoxy) is 2. The number of halogens is 2. The quantitative estimate of drug-likeness (QED) is 0.668. The first kappa shape index (κ1) is 19.2. The second kappa shape index (κ2) is 8.42. The summed E-state index contributed by atoms with van der Waals surface area (Å²) in [4.78, 5) is 15.2. The fourth-order valence-corrected chi connectivity index (χ4v) is 4.53. The minimum absolute atomic E-state index is 0.0615. The van der Waals surface area contributed by atoms with Gasteiger partial charge >= 0.3 is 0 Å². The minimum atomic E-state index is 0.0615. The van der Waals surface area contributed by atoms with Crippen molar-refractivity contribution in [3.63, 3.8) is 0 Å². The molecule has 0 N–H and O–H groups in total. The number of carbonyl (C=O) groups excluding carboxylic acids is 1. The summed E-state index contributed by atoms with van der Waals surface area (Å²) in [7, 11) is 3.24. The summed E-state index contributed by atoms with van der Waals surface area (Å²) in [5.41, 5.74) is 2.27. The van der Waals surface area contributed by atoms with Crippen LogP contribution in [0.1, 0.15) is 11.1 Å². The minimum Gasteiger partial charge on any atom is -0.493 e. The van der Waals surface area contributed by atoms with Crippen molar-refractivity contribution < 1.29 is 14.3 Å². The summed E-state index contributed by atoms with van der Waals surface area (Å²) in [6, 6.07) is 9.29. The van der Waals surface area contributed by atoms with E-state index in [1.807, 2.05) is 17.0 Å². The molecule has 0 bridgehead atoms. The van der Waals surface area contributed by atoms with Crippen LogP contribution < -0.4 is 9.47 Å². The lowest BCUT2D eigenvalue weighted by molar-refractivity contribution is -0.129. The van der Waals surface area contributed by atoms with Crippen molar-refractivity contribution in [3.05, 3.63) is 51.5 Å². The highest BCUT2D eigenvalue weighted by atomic mass is 35.5. The van der Waals surface area contributed by atoms with Gasteiger partial charge in [-0.15, -0.1) is 11.8 Å². The Balaban J connectivity index is 1.69. The molecule has 26 heavy (non-hydrogen) atoms. The first-order valence-corrected chi connectivity index (χ1v) is 9.86. The maximum absolute atomic E-state index is 12.6. The van der Waals surface area contributed by atoms with Crippen LogP contribution in [0.3, 0.4) is 0 Å². The van der Waals surface area contributed by atoms with Crippen molar-refractivity contribution in [1.29, 1.82) is 0 Å². The number of hydrogen-bond acceptors (Lipinski definition) is 4. The number of amides is 1. The van der Waals surface area contributed by atoms with Gasteiger partial charge in [0.2, 0.25) is 5.91 Å². The normalized spacial score (nSPS) is 13.3. The Morgan fingerprint density at radius 3 is 2.35 bits per heavy atom. The molecule has 2 aromatic carbocycles. The van der Waals surface area contributed by atoms with Crippen molar-refractivity contribution >= 4 is 40.9 Å². The Kier molecular flexibility index (Phi) is 6.22. The summed E-state index contributed by atoms with van der Waals surface area (Å²) >= 11 is 13.7. The number of methoxy groups -OCH3 is 2. The van der Waals surface area contributed by atoms with Gasteiger partial charge in [-0.3, -0.25) is 4.79 Å².